The fourth-order valence-corrected chi connectivity index (χ4v) is 2.84. The fourth-order valence-electron chi connectivity index (χ4n) is 2.30. The number of alkyl halides is 2. The highest BCUT2D eigenvalue weighted by Crippen LogP contribution is 2.35. The minimum absolute atomic E-state index is 0.0382. The predicted octanol–water partition coefficient (Wildman–Crippen LogP) is 4.54. The maximum Gasteiger partial charge on any atom is 0.417 e. The van der Waals surface area contributed by atoms with Crippen LogP contribution in [-0.4, -0.2) is 17.7 Å². The van der Waals surface area contributed by atoms with E-state index in [9.17, 15) is 18.8 Å². The van der Waals surface area contributed by atoms with Crippen LogP contribution in [0.25, 0.3) is 11.0 Å². The van der Waals surface area contributed by atoms with Crippen LogP contribution in [0.5, 0.6) is 11.6 Å². The van der Waals surface area contributed by atoms with E-state index in [1.807, 2.05) is 0 Å². The number of furan rings is 1. The molecule has 0 saturated heterocycles. The highest BCUT2D eigenvalue weighted by Gasteiger charge is 2.21. The highest BCUT2D eigenvalue weighted by atomic mass is 35.5. The number of pyridine rings is 2. The zero-order chi connectivity index (χ0) is 20.4. The number of halogens is 4. The first kappa shape index (κ1) is 19.9. The van der Waals surface area contributed by atoms with Crippen molar-refractivity contribution in [2.45, 2.75) is 20.0 Å². The molecule has 28 heavy (non-hydrogen) atoms. The fraction of sp³-hybridized carbons (Fsp3) is 0.188. The molecule has 3 rings (SSSR count). The molecular weight excluding hydrogens is 423 g/mol. The van der Waals surface area contributed by atoms with Crippen molar-refractivity contribution in [3.05, 3.63) is 45.7 Å². The number of hydrogen-bond acceptors (Lipinski definition) is 6. The number of nitrogens with zero attached hydrogens (tertiary/aromatic N) is 2. The average molecular weight is 434 g/mol. The van der Waals surface area contributed by atoms with Gasteiger partial charge >= 0.3 is 12.7 Å². The average Bonchev–Trinajstić information content (AvgIpc) is 3.05. The first-order chi connectivity index (χ1) is 13.3. The minimum Gasteiger partial charge on any atom is -0.619 e. The van der Waals surface area contributed by atoms with Crippen LogP contribution in [0.1, 0.15) is 12.7 Å². The van der Waals surface area contributed by atoms with Gasteiger partial charge in [-0.15, -0.1) is 0 Å². The summed E-state index contributed by atoms with van der Waals surface area (Å²) < 4.78 is 40.4. The number of anilines is 1. The number of ether oxygens (including phenoxy) is 2. The molecule has 3 aromatic heterocycles. The van der Waals surface area contributed by atoms with E-state index in [1.165, 1.54) is 6.07 Å². The molecule has 0 aromatic carbocycles. The van der Waals surface area contributed by atoms with Gasteiger partial charge in [0.05, 0.1) is 17.3 Å². The van der Waals surface area contributed by atoms with Gasteiger partial charge in [0, 0.05) is 6.42 Å². The molecule has 148 valence electrons. The Bertz CT molecular complexity index is 1020. The molecule has 0 bridgehead atoms. The van der Waals surface area contributed by atoms with Gasteiger partial charge in [-0.1, -0.05) is 30.1 Å². The lowest BCUT2D eigenvalue weighted by Gasteiger charge is -2.10. The molecule has 0 aliphatic heterocycles. The minimum atomic E-state index is -3.10. The van der Waals surface area contributed by atoms with Crippen LogP contribution in [0.15, 0.2) is 29.1 Å². The second-order valence-corrected chi connectivity index (χ2v) is 6.13. The van der Waals surface area contributed by atoms with Crippen molar-refractivity contribution in [1.82, 2.24) is 4.98 Å². The Morgan fingerprint density at radius 3 is 2.68 bits per heavy atom. The molecule has 8 nitrogen and oxygen atoms in total. The van der Waals surface area contributed by atoms with Gasteiger partial charge in [-0.05, 0) is 6.07 Å². The van der Waals surface area contributed by atoms with Gasteiger partial charge in [-0.25, -0.2) is 9.78 Å². The van der Waals surface area contributed by atoms with E-state index in [2.05, 4.69) is 15.0 Å². The molecule has 0 aliphatic carbocycles. The third-order valence-corrected chi connectivity index (χ3v) is 4.05. The first-order valence-corrected chi connectivity index (χ1v) is 8.47. The summed E-state index contributed by atoms with van der Waals surface area (Å²) in [5.41, 5.74) is -0.130. The number of aromatic nitrogens is 2. The van der Waals surface area contributed by atoms with E-state index in [0.29, 0.717) is 16.9 Å². The normalized spacial score (nSPS) is 11.1. The number of fused-ring (bicyclic) bond motifs is 1. The Morgan fingerprint density at radius 1 is 1.39 bits per heavy atom. The Kier molecular flexibility index (Phi) is 5.71. The second kappa shape index (κ2) is 8.03. The standard InChI is InChI=1S/C16H11Cl2F2N3O5/c1-2-7-3-8-11(4-21-14(13(8)26-7)28-15(19)20)27-16(24)22-12-9(17)5-23(25)6-10(12)18/h3-6,15H,2H2,1H3,(H,22,24). The summed E-state index contributed by atoms with van der Waals surface area (Å²) in [7, 11) is 0. The maximum atomic E-state index is 12.5. The number of carbonyl (C=O) groups excluding carboxylic acids is 1. The lowest BCUT2D eigenvalue weighted by Crippen LogP contribution is -2.26. The molecule has 12 heteroatoms. The van der Waals surface area contributed by atoms with Crippen molar-refractivity contribution >= 4 is 46.0 Å². The Balaban J connectivity index is 1.90. The van der Waals surface area contributed by atoms with Crippen molar-refractivity contribution in [1.29, 1.82) is 0 Å². The number of nitrogens with one attached hydrogen (secondary N) is 1. The summed E-state index contributed by atoms with van der Waals surface area (Å²) in [5, 5.41) is 13.5. The van der Waals surface area contributed by atoms with Gasteiger partial charge in [-0.2, -0.15) is 13.5 Å². The Hall–Kier alpha value is -2.85. The van der Waals surface area contributed by atoms with E-state index in [0.717, 1.165) is 18.6 Å². The second-order valence-electron chi connectivity index (χ2n) is 5.32. The van der Waals surface area contributed by atoms with E-state index in [1.54, 1.807) is 6.92 Å². The van der Waals surface area contributed by atoms with E-state index in [4.69, 9.17) is 32.4 Å². The molecular formula is C16H11Cl2F2N3O5. The van der Waals surface area contributed by atoms with E-state index < -0.39 is 18.6 Å². The first-order valence-electron chi connectivity index (χ1n) is 7.71. The van der Waals surface area contributed by atoms with Gasteiger partial charge in [0.1, 0.15) is 15.8 Å². The molecule has 0 saturated carbocycles. The van der Waals surface area contributed by atoms with Gasteiger partial charge in [0.2, 0.25) is 12.4 Å². The molecule has 1 N–H and O–H groups in total. The molecule has 0 aliphatic rings. The topological polar surface area (TPSA) is 101 Å². The number of amides is 1. The maximum absolute atomic E-state index is 12.5. The van der Waals surface area contributed by atoms with Crippen LogP contribution in [-0.2, 0) is 6.42 Å². The lowest BCUT2D eigenvalue weighted by atomic mass is 10.2. The van der Waals surface area contributed by atoms with Crippen molar-refractivity contribution in [3.63, 3.8) is 0 Å². The summed E-state index contributed by atoms with van der Waals surface area (Å²) in [6, 6.07) is 1.51. The zero-order valence-corrected chi connectivity index (χ0v) is 15.6. The monoisotopic (exact) mass is 433 g/mol. The SMILES string of the molecule is CCc1cc2c(OC(=O)Nc3c(Cl)c[n+]([O-])cc3Cl)cnc(OC(F)F)c2o1. The van der Waals surface area contributed by atoms with Crippen LogP contribution in [0.3, 0.4) is 0 Å². The number of carbonyl (C=O) groups is 1. The molecule has 0 unspecified atom stereocenters. The van der Waals surface area contributed by atoms with Gasteiger partial charge in [0.25, 0.3) is 5.88 Å². The van der Waals surface area contributed by atoms with Gasteiger partial charge in [-0.3, -0.25) is 5.32 Å². The van der Waals surface area contributed by atoms with Crippen LogP contribution < -0.4 is 19.5 Å². The summed E-state index contributed by atoms with van der Waals surface area (Å²) in [5.74, 6) is -0.0623. The number of hydrogen-bond donors (Lipinski definition) is 1. The van der Waals surface area contributed by atoms with Crippen molar-refractivity contribution in [3.8, 4) is 11.6 Å². The van der Waals surface area contributed by atoms with Crippen LogP contribution in [0.2, 0.25) is 10.0 Å². The highest BCUT2D eigenvalue weighted by molar-refractivity contribution is 6.39. The third kappa shape index (κ3) is 4.18. The molecule has 0 radical (unpaired) electrons. The van der Waals surface area contributed by atoms with Gasteiger partial charge in [0.15, 0.2) is 11.3 Å². The summed E-state index contributed by atoms with van der Waals surface area (Å²) in [4.78, 5) is 15.9. The Labute approximate surface area is 166 Å². The van der Waals surface area contributed by atoms with Crippen LogP contribution in [0.4, 0.5) is 19.3 Å². The summed E-state index contributed by atoms with van der Waals surface area (Å²) >= 11 is 11.8. The molecule has 0 atom stereocenters. The molecule has 3 heterocycles. The largest absolute Gasteiger partial charge is 0.619 e. The van der Waals surface area contributed by atoms with E-state index >= 15 is 0 Å². The van der Waals surface area contributed by atoms with Crippen LogP contribution >= 0.6 is 23.2 Å². The molecule has 0 fully saturated rings. The zero-order valence-electron chi connectivity index (χ0n) is 14.0. The number of rotatable bonds is 5. The lowest BCUT2D eigenvalue weighted by molar-refractivity contribution is -0.605. The predicted molar refractivity (Wildman–Crippen MR) is 95.1 cm³/mol. The van der Waals surface area contributed by atoms with Crippen molar-refractivity contribution < 1.29 is 32.2 Å². The molecule has 0 spiro atoms. The Morgan fingerprint density at radius 2 is 2.07 bits per heavy atom. The third-order valence-electron chi connectivity index (χ3n) is 3.48. The quantitative estimate of drug-likeness (QED) is 0.468. The van der Waals surface area contributed by atoms with E-state index in [-0.39, 0.29) is 32.5 Å². The van der Waals surface area contributed by atoms with Crippen molar-refractivity contribution in [2.24, 2.45) is 0 Å². The number of aryl methyl sites for hydroxylation is 1. The van der Waals surface area contributed by atoms with Crippen LogP contribution in [0, 0.1) is 5.21 Å². The molecule has 3 aromatic rings. The van der Waals surface area contributed by atoms with Gasteiger partial charge < -0.3 is 19.1 Å². The smallest absolute Gasteiger partial charge is 0.417 e. The molecule has 1 amide bonds. The van der Waals surface area contributed by atoms with Crippen molar-refractivity contribution in [2.75, 3.05) is 5.32 Å². The summed E-state index contributed by atoms with van der Waals surface area (Å²) in [6.07, 6.45) is 2.47. The summed E-state index contributed by atoms with van der Waals surface area (Å²) in [6.45, 7) is -1.32.